The molecule has 0 bridgehead atoms. The summed E-state index contributed by atoms with van der Waals surface area (Å²) in [4.78, 5) is 0.774. The zero-order valence-corrected chi connectivity index (χ0v) is 26.6. The summed E-state index contributed by atoms with van der Waals surface area (Å²) < 4.78 is 27.4. The summed E-state index contributed by atoms with van der Waals surface area (Å²) in [5.74, 6) is 0. The maximum atomic E-state index is 13.7. The number of rotatable bonds is 2. The van der Waals surface area contributed by atoms with Crippen LogP contribution in [0.15, 0.2) is 131 Å². The summed E-state index contributed by atoms with van der Waals surface area (Å²) in [6.45, 7) is 9.14. The van der Waals surface area contributed by atoms with Gasteiger partial charge in [0, 0.05) is 22.0 Å². The lowest BCUT2D eigenvalue weighted by Gasteiger charge is -2.22. The van der Waals surface area contributed by atoms with Crippen molar-refractivity contribution in [2.24, 2.45) is 0 Å². The van der Waals surface area contributed by atoms with Crippen LogP contribution in [0.1, 0.15) is 49.9 Å². The second kappa shape index (κ2) is 8.71. The van der Waals surface area contributed by atoms with Crippen LogP contribution in [-0.2, 0) is 20.7 Å². The molecule has 3 aliphatic rings. The molecule has 1 heterocycles. The van der Waals surface area contributed by atoms with E-state index >= 15 is 0 Å². The lowest BCUT2D eigenvalue weighted by molar-refractivity contribution is 0.598. The maximum Gasteiger partial charge on any atom is 0.207 e. The van der Waals surface area contributed by atoms with Crippen LogP contribution in [-0.4, -0.2) is 8.42 Å². The number of hydrogen-bond donors (Lipinski definition) is 0. The predicted molar refractivity (Wildman–Crippen MR) is 183 cm³/mol. The fourth-order valence-corrected chi connectivity index (χ4v) is 9.84. The molecule has 218 valence electrons. The number of fused-ring (bicyclic) bond motifs is 9. The molecular formula is C42H32O2S. The van der Waals surface area contributed by atoms with Crippen molar-refractivity contribution in [2.45, 2.75) is 48.3 Å². The molecule has 0 N–H and O–H groups in total. The second-order valence-corrected chi connectivity index (χ2v) is 15.7. The van der Waals surface area contributed by atoms with Gasteiger partial charge in [-0.25, -0.2) is 8.42 Å². The molecule has 0 spiro atoms. The van der Waals surface area contributed by atoms with Gasteiger partial charge in [0.1, 0.15) is 0 Å². The molecular weight excluding hydrogens is 569 g/mol. The number of hydrogen-bond acceptors (Lipinski definition) is 2. The van der Waals surface area contributed by atoms with Crippen molar-refractivity contribution >= 4 is 9.84 Å². The van der Waals surface area contributed by atoms with Crippen LogP contribution in [0.4, 0.5) is 0 Å². The van der Waals surface area contributed by atoms with Gasteiger partial charge in [-0.2, -0.15) is 0 Å². The Morgan fingerprint density at radius 1 is 0.378 bits per heavy atom. The molecule has 6 aromatic carbocycles. The largest absolute Gasteiger partial charge is 0.218 e. The van der Waals surface area contributed by atoms with Crippen LogP contribution in [0.3, 0.4) is 0 Å². The third-order valence-corrected chi connectivity index (χ3v) is 12.5. The maximum absolute atomic E-state index is 13.7. The molecule has 0 radical (unpaired) electrons. The Bertz CT molecular complexity index is 2230. The second-order valence-electron chi connectivity index (χ2n) is 13.8. The van der Waals surface area contributed by atoms with Crippen molar-refractivity contribution in [1.82, 2.24) is 0 Å². The first-order chi connectivity index (χ1) is 21.6. The van der Waals surface area contributed by atoms with Crippen molar-refractivity contribution in [3.63, 3.8) is 0 Å². The van der Waals surface area contributed by atoms with Crippen molar-refractivity contribution in [1.29, 1.82) is 0 Å². The van der Waals surface area contributed by atoms with Gasteiger partial charge in [0.05, 0.1) is 9.79 Å². The lowest BCUT2D eigenvalue weighted by Crippen LogP contribution is -2.14. The van der Waals surface area contributed by atoms with Crippen LogP contribution in [0.5, 0.6) is 0 Å². The zero-order chi connectivity index (χ0) is 30.9. The smallest absolute Gasteiger partial charge is 0.207 e. The Morgan fingerprint density at radius 2 is 0.733 bits per heavy atom. The Kier molecular flexibility index (Phi) is 5.16. The van der Waals surface area contributed by atoms with Crippen molar-refractivity contribution < 1.29 is 8.42 Å². The number of benzene rings is 6. The molecule has 45 heavy (non-hydrogen) atoms. The summed E-state index contributed by atoms with van der Waals surface area (Å²) in [7, 11) is -3.59. The van der Waals surface area contributed by atoms with Crippen molar-refractivity contribution in [3.8, 4) is 55.6 Å². The molecule has 0 unspecified atom stereocenters. The monoisotopic (exact) mass is 600 g/mol. The van der Waals surface area contributed by atoms with Crippen molar-refractivity contribution in [2.75, 3.05) is 0 Å². The minimum Gasteiger partial charge on any atom is -0.218 e. The highest BCUT2D eigenvalue weighted by atomic mass is 32.2. The summed E-state index contributed by atoms with van der Waals surface area (Å²) in [5.41, 5.74) is 16.0. The first-order valence-electron chi connectivity index (χ1n) is 15.6. The van der Waals surface area contributed by atoms with E-state index in [0.29, 0.717) is 9.79 Å². The molecule has 2 nitrogen and oxygen atoms in total. The highest BCUT2D eigenvalue weighted by Crippen LogP contribution is 2.52. The molecule has 3 heteroatoms. The fourth-order valence-electron chi connectivity index (χ4n) is 8.19. The van der Waals surface area contributed by atoms with E-state index < -0.39 is 9.84 Å². The molecule has 6 aromatic rings. The van der Waals surface area contributed by atoms with Gasteiger partial charge in [-0.3, -0.25) is 0 Å². The molecule has 1 aliphatic heterocycles. The summed E-state index contributed by atoms with van der Waals surface area (Å²) in [6, 6.07) is 42.3. The number of sulfone groups is 1. The van der Waals surface area contributed by atoms with E-state index in [9.17, 15) is 8.42 Å². The van der Waals surface area contributed by atoms with Gasteiger partial charge in [0.25, 0.3) is 0 Å². The average Bonchev–Trinajstić information content (AvgIpc) is 3.53. The van der Waals surface area contributed by atoms with E-state index in [0.717, 1.165) is 33.4 Å². The van der Waals surface area contributed by atoms with E-state index in [4.69, 9.17) is 0 Å². The Hall–Kier alpha value is -4.73. The van der Waals surface area contributed by atoms with Crippen LogP contribution in [0, 0.1) is 0 Å². The van der Waals surface area contributed by atoms with Gasteiger partial charge in [-0.1, -0.05) is 113 Å². The lowest BCUT2D eigenvalue weighted by atomic mass is 9.81. The first kappa shape index (κ1) is 26.7. The van der Waals surface area contributed by atoms with E-state index in [1.54, 1.807) is 12.1 Å². The van der Waals surface area contributed by atoms with Gasteiger partial charge in [-0.15, -0.1) is 0 Å². The highest BCUT2D eigenvalue weighted by molar-refractivity contribution is 7.92. The normalized spacial score (nSPS) is 16.7. The molecule has 0 saturated carbocycles. The van der Waals surface area contributed by atoms with E-state index in [2.05, 4.69) is 125 Å². The quantitative estimate of drug-likeness (QED) is 0.198. The van der Waals surface area contributed by atoms with Crippen LogP contribution < -0.4 is 0 Å². The molecule has 2 aliphatic carbocycles. The predicted octanol–water partition coefficient (Wildman–Crippen LogP) is 10.4. The molecule has 9 rings (SSSR count). The summed E-state index contributed by atoms with van der Waals surface area (Å²) >= 11 is 0. The van der Waals surface area contributed by atoms with Crippen LogP contribution in [0.2, 0.25) is 0 Å². The fraction of sp³-hybridized carbons (Fsp3) is 0.143. The Balaban J connectivity index is 1.15. The molecule has 0 amide bonds. The molecule has 0 saturated heterocycles. The van der Waals surface area contributed by atoms with Gasteiger partial charge in [0.2, 0.25) is 9.84 Å². The minimum atomic E-state index is -3.59. The van der Waals surface area contributed by atoms with Gasteiger partial charge >= 0.3 is 0 Å². The van der Waals surface area contributed by atoms with E-state index in [1.165, 1.54) is 44.5 Å². The van der Waals surface area contributed by atoms with E-state index in [1.807, 2.05) is 12.1 Å². The van der Waals surface area contributed by atoms with Gasteiger partial charge < -0.3 is 0 Å². The molecule has 0 fully saturated rings. The van der Waals surface area contributed by atoms with Crippen LogP contribution in [0.25, 0.3) is 55.6 Å². The SMILES string of the molecule is CC1(C)c2ccccc2-c2ccc(-c3ccc4c(c3)-c3cc(-c5ccc6c(c5)C(C)(C)c5ccccc5-6)ccc3S4(=O)=O)cc21. The third-order valence-electron chi connectivity index (χ3n) is 10.7. The Morgan fingerprint density at radius 3 is 1.18 bits per heavy atom. The Labute approximate surface area is 265 Å². The van der Waals surface area contributed by atoms with Gasteiger partial charge in [-0.05, 0) is 103 Å². The summed E-state index contributed by atoms with van der Waals surface area (Å²) in [6.07, 6.45) is 0. The van der Waals surface area contributed by atoms with Crippen molar-refractivity contribution in [3.05, 3.63) is 144 Å². The van der Waals surface area contributed by atoms with Gasteiger partial charge in [0.15, 0.2) is 0 Å². The highest BCUT2D eigenvalue weighted by Gasteiger charge is 2.37. The minimum absolute atomic E-state index is 0.102. The standard InChI is InChI=1S/C42H32O2S/c1-41(2)35-11-7-5-9-29(35)31-17-13-27(23-37(31)41)25-15-19-39-33(21-25)34-22-26(16-20-40(34)45(39,43)44)28-14-18-32-30-10-6-8-12-36(30)42(3,4)38(32)24-28/h5-24H,1-4H3. The average molecular weight is 601 g/mol. The third kappa shape index (κ3) is 3.48. The molecule has 0 aromatic heterocycles. The first-order valence-corrected chi connectivity index (χ1v) is 17.1. The summed E-state index contributed by atoms with van der Waals surface area (Å²) in [5, 5.41) is 0. The van der Waals surface area contributed by atoms with E-state index in [-0.39, 0.29) is 10.8 Å². The van der Waals surface area contributed by atoms with Crippen LogP contribution >= 0.6 is 0 Å². The topological polar surface area (TPSA) is 34.1 Å². The molecule has 0 atom stereocenters. The zero-order valence-electron chi connectivity index (χ0n) is 25.8.